The van der Waals surface area contributed by atoms with Gasteiger partial charge in [-0.15, -0.1) is 0 Å². The maximum atomic E-state index is 11.8. The highest BCUT2D eigenvalue weighted by Crippen LogP contribution is 2.23. The van der Waals surface area contributed by atoms with Gasteiger partial charge in [-0.2, -0.15) is 18.2 Å². The second kappa shape index (κ2) is 5.35. The maximum Gasteiger partial charge on any atom is 0.411 e. The van der Waals surface area contributed by atoms with Crippen LogP contribution in [-0.4, -0.2) is 30.9 Å². The minimum absolute atomic E-state index is 0.103. The summed E-state index contributed by atoms with van der Waals surface area (Å²) >= 11 is 0. The SMILES string of the molecule is Nc1cccc2oc(NCCOCC(F)(F)F)nc12. The molecule has 0 amide bonds. The molecule has 0 atom stereocenters. The lowest BCUT2D eigenvalue weighted by Gasteiger charge is -2.07. The molecule has 0 radical (unpaired) electrons. The van der Waals surface area contributed by atoms with Crippen molar-refractivity contribution < 1.29 is 22.3 Å². The molecule has 0 spiro atoms. The van der Waals surface area contributed by atoms with E-state index in [1.165, 1.54) is 0 Å². The number of oxazole rings is 1. The molecule has 2 rings (SSSR count). The fraction of sp³-hybridized carbons (Fsp3) is 0.364. The zero-order chi connectivity index (χ0) is 13.9. The fourth-order valence-corrected chi connectivity index (χ4v) is 1.46. The third kappa shape index (κ3) is 3.75. The summed E-state index contributed by atoms with van der Waals surface area (Å²) in [5.41, 5.74) is 7.20. The minimum atomic E-state index is -4.31. The van der Waals surface area contributed by atoms with E-state index in [9.17, 15) is 13.2 Å². The summed E-state index contributed by atoms with van der Waals surface area (Å²) in [5, 5.41) is 2.72. The Labute approximate surface area is 106 Å². The van der Waals surface area contributed by atoms with Crippen LogP contribution in [0.4, 0.5) is 24.9 Å². The Morgan fingerprint density at radius 2 is 2.16 bits per heavy atom. The lowest BCUT2D eigenvalue weighted by atomic mass is 10.3. The summed E-state index contributed by atoms with van der Waals surface area (Å²) in [4.78, 5) is 4.08. The number of halogens is 3. The fourth-order valence-electron chi connectivity index (χ4n) is 1.46. The molecular weight excluding hydrogens is 263 g/mol. The van der Waals surface area contributed by atoms with Crippen LogP contribution in [0.1, 0.15) is 0 Å². The van der Waals surface area contributed by atoms with Gasteiger partial charge in [-0.1, -0.05) is 6.07 Å². The summed E-state index contributed by atoms with van der Waals surface area (Å²) in [7, 11) is 0. The minimum Gasteiger partial charge on any atom is -0.423 e. The van der Waals surface area contributed by atoms with Crippen molar-refractivity contribution in [3.8, 4) is 0 Å². The van der Waals surface area contributed by atoms with Crippen LogP contribution in [0, 0.1) is 0 Å². The Morgan fingerprint density at radius 3 is 2.84 bits per heavy atom. The summed E-state index contributed by atoms with van der Waals surface area (Å²) in [6.45, 7) is -1.22. The van der Waals surface area contributed by atoms with Crippen LogP contribution in [0.5, 0.6) is 0 Å². The van der Waals surface area contributed by atoms with E-state index in [0.29, 0.717) is 16.8 Å². The van der Waals surface area contributed by atoms with Gasteiger partial charge in [0.1, 0.15) is 12.1 Å². The molecule has 1 aromatic carbocycles. The van der Waals surface area contributed by atoms with Gasteiger partial charge >= 0.3 is 6.18 Å². The molecule has 5 nitrogen and oxygen atoms in total. The number of fused-ring (bicyclic) bond motifs is 1. The molecule has 0 aliphatic carbocycles. The molecule has 0 bridgehead atoms. The average molecular weight is 275 g/mol. The topological polar surface area (TPSA) is 73.3 Å². The molecule has 3 N–H and O–H groups in total. The molecule has 0 fully saturated rings. The van der Waals surface area contributed by atoms with Gasteiger partial charge < -0.3 is 20.2 Å². The van der Waals surface area contributed by atoms with Crippen molar-refractivity contribution in [2.24, 2.45) is 0 Å². The van der Waals surface area contributed by atoms with E-state index in [4.69, 9.17) is 10.2 Å². The van der Waals surface area contributed by atoms with Crippen LogP contribution in [0.2, 0.25) is 0 Å². The molecule has 0 aliphatic heterocycles. The number of nitrogens with two attached hydrogens (primary N) is 1. The van der Waals surface area contributed by atoms with Crippen LogP contribution in [0.15, 0.2) is 22.6 Å². The third-order valence-electron chi connectivity index (χ3n) is 2.24. The highest BCUT2D eigenvalue weighted by Gasteiger charge is 2.27. The maximum absolute atomic E-state index is 11.8. The predicted octanol–water partition coefficient (Wildman–Crippen LogP) is 2.40. The first-order chi connectivity index (χ1) is 8.96. The van der Waals surface area contributed by atoms with Gasteiger partial charge in [0.05, 0.1) is 12.3 Å². The van der Waals surface area contributed by atoms with Crippen LogP contribution in [-0.2, 0) is 4.74 Å². The number of anilines is 2. The Kier molecular flexibility index (Phi) is 3.79. The number of ether oxygens (including phenoxy) is 1. The molecule has 8 heteroatoms. The monoisotopic (exact) mass is 275 g/mol. The number of hydrogen-bond acceptors (Lipinski definition) is 5. The van der Waals surface area contributed by atoms with Crippen LogP contribution in [0.3, 0.4) is 0 Å². The average Bonchev–Trinajstić information content (AvgIpc) is 2.71. The Balaban J connectivity index is 1.84. The molecule has 0 unspecified atom stereocenters. The van der Waals surface area contributed by atoms with Crippen LogP contribution in [0.25, 0.3) is 11.1 Å². The molecule has 0 saturated heterocycles. The normalized spacial score (nSPS) is 11.9. The Morgan fingerprint density at radius 1 is 1.37 bits per heavy atom. The number of benzene rings is 1. The third-order valence-corrected chi connectivity index (χ3v) is 2.24. The first-order valence-corrected chi connectivity index (χ1v) is 5.49. The molecule has 1 aromatic heterocycles. The zero-order valence-electron chi connectivity index (χ0n) is 9.83. The van der Waals surface area contributed by atoms with Crippen molar-refractivity contribution in [3.63, 3.8) is 0 Å². The molecule has 2 aromatic rings. The summed E-state index contributed by atoms with van der Waals surface area (Å²) < 4.78 is 45.2. The standard InChI is InChI=1S/C11H12F3N3O2/c12-11(13,14)6-18-5-4-16-10-17-9-7(15)2-1-3-8(9)19-10/h1-3H,4-6,15H2,(H,16,17). The quantitative estimate of drug-likeness (QED) is 0.647. The summed E-state index contributed by atoms with van der Waals surface area (Å²) in [6.07, 6.45) is -4.31. The second-order valence-electron chi connectivity index (χ2n) is 3.81. The molecule has 0 aliphatic rings. The summed E-state index contributed by atoms with van der Waals surface area (Å²) in [5.74, 6) is 0. The van der Waals surface area contributed by atoms with Crippen molar-refractivity contribution in [1.29, 1.82) is 0 Å². The van der Waals surface area contributed by atoms with Crippen LogP contribution < -0.4 is 11.1 Å². The van der Waals surface area contributed by atoms with E-state index < -0.39 is 12.8 Å². The molecule has 0 saturated carbocycles. The van der Waals surface area contributed by atoms with Gasteiger partial charge in [0.25, 0.3) is 6.01 Å². The highest BCUT2D eigenvalue weighted by atomic mass is 19.4. The van der Waals surface area contributed by atoms with Crippen molar-refractivity contribution >= 4 is 22.8 Å². The van der Waals surface area contributed by atoms with Gasteiger partial charge in [-0.3, -0.25) is 0 Å². The number of para-hydroxylation sites is 1. The van der Waals surface area contributed by atoms with Crippen LogP contribution >= 0.6 is 0 Å². The van der Waals surface area contributed by atoms with E-state index in [-0.39, 0.29) is 19.2 Å². The van der Waals surface area contributed by atoms with E-state index in [1.54, 1.807) is 18.2 Å². The van der Waals surface area contributed by atoms with Crippen molar-refractivity contribution in [2.45, 2.75) is 6.18 Å². The lowest BCUT2D eigenvalue weighted by molar-refractivity contribution is -0.172. The number of nitrogen functional groups attached to an aromatic ring is 1. The van der Waals surface area contributed by atoms with Gasteiger partial charge in [-0.25, -0.2) is 0 Å². The van der Waals surface area contributed by atoms with Gasteiger partial charge in [-0.05, 0) is 12.1 Å². The lowest BCUT2D eigenvalue weighted by Crippen LogP contribution is -2.20. The van der Waals surface area contributed by atoms with Gasteiger partial charge in [0.2, 0.25) is 0 Å². The number of nitrogens with one attached hydrogen (secondary N) is 1. The van der Waals surface area contributed by atoms with E-state index >= 15 is 0 Å². The van der Waals surface area contributed by atoms with E-state index in [1.807, 2.05) is 0 Å². The first-order valence-electron chi connectivity index (χ1n) is 5.49. The predicted molar refractivity (Wildman–Crippen MR) is 63.8 cm³/mol. The van der Waals surface area contributed by atoms with E-state index in [0.717, 1.165) is 0 Å². The molecular formula is C11H12F3N3O2. The van der Waals surface area contributed by atoms with Gasteiger partial charge in [0.15, 0.2) is 5.58 Å². The Bertz CT molecular complexity index is 554. The van der Waals surface area contributed by atoms with Crippen molar-refractivity contribution in [2.75, 3.05) is 30.8 Å². The molecule has 19 heavy (non-hydrogen) atoms. The second-order valence-corrected chi connectivity index (χ2v) is 3.81. The van der Waals surface area contributed by atoms with E-state index in [2.05, 4.69) is 15.0 Å². The van der Waals surface area contributed by atoms with Crippen molar-refractivity contribution in [3.05, 3.63) is 18.2 Å². The molecule has 104 valence electrons. The summed E-state index contributed by atoms with van der Waals surface area (Å²) in [6, 6.07) is 5.30. The number of nitrogens with zero attached hydrogens (tertiary/aromatic N) is 1. The highest BCUT2D eigenvalue weighted by molar-refractivity contribution is 5.86. The smallest absolute Gasteiger partial charge is 0.411 e. The molecule has 1 heterocycles. The number of rotatable bonds is 5. The number of aromatic nitrogens is 1. The number of alkyl halides is 3. The van der Waals surface area contributed by atoms with Crippen molar-refractivity contribution in [1.82, 2.24) is 4.98 Å². The Hall–Kier alpha value is -1.96. The largest absolute Gasteiger partial charge is 0.423 e. The zero-order valence-corrected chi connectivity index (χ0v) is 9.83. The first kappa shape index (κ1) is 13.5. The number of hydrogen-bond donors (Lipinski definition) is 2. The van der Waals surface area contributed by atoms with Gasteiger partial charge in [0, 0.05) is 6.54 Å².